The fourth-order valence-corrected chi connectivity index (χ4v) is 8.02. The number of nitrogens with one attached hydrogen (secondary N) is 1. The van der Waals surface area contributed by atoms with Gasteiger partial charge in [-0.3, -0.25) is 9.59 Å². The minimum atomic E-state index is -0.846. The second-order valence-corrected chi connectivity index (χ2v) is 18.2. The largest absolute Gasteiger partial charge is 0.466 e. The third kappa shape index (κ3) is 47.4. The Balaban J connectivity index is 3.43. The minimum Gasteiger partial charge on any atom is -0.466 e. The Hall–Kier alpha value is -1.92. The summed E-state index contributed by atoms with van der Waals surface area (Å²) >= 11 is 0. The summed E-state index contributed by atoms with van der Waals surface area (Å²) in [4.78, 5) is 24.4. The van der Waals surface area contributed by atoms with E-state index in [0.717, 1.165) is 51.4 Å². The van der Waals surface area contributed by atoms with Crippen LogP contribution in [0.25, 0.3) is 0 Å². The Morgan fingerprint density at radius 3 is 1.28 bits per heavy atom. The zero-order valence-corrected chi connectivity index (χ0v) is 40.6. The smallest absolute Gasteiger partial charge is 0.305 e. The number of hydrogen-bond acceptors (Lipinski definition) is 5. The summed E-state index contributed by atoms with van der Waals surface area (Å²) in [7, 11) is 0. The first-order valence-corrected chi connectivity index (χ1v) is 26.8. The second-order valence-electron chi connectivity index (χ2n) is 18.2. The molecule has 358 valence electrons. The fourth-order valence-electron chi connectivity index (χ4n) is 8.02. The zero-order valence-electron chi connectivity index (χ0n) is 40.6. The van der Waals surface area contributed by atoms with Crippen molar-refractivity contribution in [3.63, 3.8) is 0 Å². The van der Waals surface area contributed by atoms with E-state index in [2.05, 4.69) is 43.5 Å². The number of esters is 1. The Morgan fingerprint density at radius 2 is 0.820 bits per heavy atom. The number of unbranched alkanes of at least 4 members (excludes halogenated alkanes) is 34. The predicted molar refractivity (Wildman–Crippen MR) is 264 cm³/mol. The normalized spacial score (nSPS) is 12.9. The van der Waals surface area contributed by atoms with Crippen LogP contribution >= 0.6 is 0 Å². The predicted octanol–water partition coefficient (Wildman–Crippen LogP) is 16.1. The van der Waals surface area contributed by atoms with E-state index in [1.165, 1.54) is 199 Å². The van der Waals surface area contributed by atoms with Crippen molar-refractivity contribution in [2.75, 3.05) is 13.2 Å². The summed E-state index contributed by atoms with van der Waals surface area (Å²) in [5.41, 5.74) is 0. The zero-order chi connectivity index (χ0) is 44.4. The number of aliphatic hydroxyl groups is 2. The fraction of sp³-hybridized carbons (Fsp3) is 0.855. The average Bonchev–Trinajstić information content (AvgIpc) is 3.26. The number of carbonyl (C=O) groups is 2. The topological polar surface area (TPSA) is 95.9 Å². The van der Waals surface area contributed by atoms with Crippen molar-refractivity contribution in [2.45, 2.75) is 289 Å². The van der Waals surface area contributed by atoms with Gasteiger partial charge in [-0.05, 0) is 64.2 Å². The van der Waals surface area contributed by atoms with Gasteiger partial charge in [0.2, 0.25) is 5.91 Å². The van der Waals surface area contributed by atoms with Crippen LogP contribution in [-0.4, -0.2) is 47.4 Å². The maximum Gasteiger partial charge on any atom is 0.305 e. The highest BCUT2D eigenvalue weighted by Gasteiger charge is 2.18. The molecule has 0 aliphatic heterocycles. The number of rotatable bonds is 49. The molecule has 0 aromatic heterocycles. The highest BCUT2D eigenvalue weighted by molar-refractivity contribution is 5.76. The average molecular weight is 858 g/mol. The molecule has 61 heavy (non-hydrogen) atoms. The lowest BCUT2D eigenvalue weighted by atomic mass is 10.0. The molecular formula is C55H103NO5. The number of carbonyl (C=O) groups excluding carboxylic acids is 2. The van der Waals surface area contributed by atoms with Crippen molar-refractivity contribution in [1.82, 2.24) is 5.32 Å². The van der Waals surface area contributed by atoms with E-state index in [9.17, 15) is 19.8 Å². The van der Waals surface area contributed by atoms with E-state index in [0.29, 0.717) is 19.4 Å². The number of ether oxygens (including phenoxy) is 1. The molecule has 0 radical (unpaired) electrons. The van der Waals surface area contributed by atoms with Gasteiger partial charge in [-0.25, -0.2) is 0 Å². The van der Waals surface area contributed by atoms with Gasteiger partial charge in [-0.1, -0.05) is 237 Å². The lowest BCUT2D eigenvalue weighted by Gasteiger charge is -2.20. The summed E-state index contributed by atoms with van der Waals surface area (Å²) in [6, 6.07) is -0.630. The van der Waals surface area contributed by atoms with Crippen LogP contribution in [0.3, 0.4) is 0 Å². The van der Waals surface area contributed by atoms with Crippen LogP contribution in [0.4, 0.5) is 0 Å². The SMILES string of the molecule is CCCCC/C=C\C/C=C\CCCCCCCC(=O)OCCCCCCCCCCCCCCCCCCCCC(=O)NC(CO)C(O)/C=C/CCCCCCCCCCC. The molecule has 2 unspecified atom stereocenters. The molecule has 1 amide bonds. The molecule has 0 bridgehead atoms. The molecule has 0 saturated carbocycles. The molecule has 0 spiro atoms. The van der Waals surface area contributed by atoms with E-state index in [1.807, 2.05) is 6.08 Å². The molecule has 0 fully saturated rings. The summed E-state index contributed by atoms with van der Waals surface area (Å²) in [6.45, 7) is 4.85. The first-order valence-electron chi connectivity index (χ1n) is 26.8. The van der Waals surface area contributed by atoms with Gasteiger partial charge in [0.1, 0.15) is 0 Å². The molecular weight excluding hydrogens is 755 g/mol. The highest BCUT2D eigenvalue weighted by atomic mass is 16.5. The molecule has 0 aliphatic carbocycles. The number of amides is 1. The number of allylic oxidation sites excluding steroid dienone is 5. The third-order valence-electron chi connectivity index (χ3n) is 12.2. The molecule has 6 heteroatoms. The Bertz CT molecular complexity index is 993. The van der Waals surface area contributed by atoms with Crippen molar-refractivity contribution >= 4 is 11.9 Å². The first kappa shape index (κ1) is 59.1. The molecule has 6 nitrogen and oxygen atoms in total. The van der Waals surface area contributed by atoms with Gasteiger partial charge in [0.25, 0.3) is 0 Å². The van der Waals surface area contributed by atoms with Gasteiger partial charge in [0, 0.05) is 12.8 Å². The lowest BCUT2D eigenvalue weighted by molar-refractivity contribution is -0.143. The molecule has 0 saturated heterocycles. The lowest BCUT2D eigenvalue weighted by Crippen LogP contribution is -2.45. The van der Waals surface area contributed by atoms with Crippen LogP contribution in [0.15, 0.2) is 36.5 Å². The summed E-state index contributed by atoms with van der Waals surface area (Å²) in [6.07, 6.45) is 61.5. The van der Waals surface area contributed by atoms with Crippen molar-refractivity contribution in [3.8, 4) is 0 Å². The highest BCUT2D eigenvalue weighted by Crippen LogP contribution is 2.16. The molecule has 0 aromatic carbocycles. The number of hydrogen-bond donors (Lipinski definition) is 3. The quantitative estimate of drug-likeness (QED) is 0.0322. The first-order chi connectivity index (χ1) is 30.0. The Morgan fingerprint density at radius 1 is 0.459 bits per heavy atom. The van der Waals surface area contributed by atoms with Crippen LogP contribution < -0.4 is 5.32 Å². The summed E-state index contributed by atoms with van der Waals surface area (Å²) < 4.78 is 5.46. The van der Waals surface area contributed by atoms with Crippen LogP contribution in [0.2, 0.25) is 0 Å². The standard InChI is InChI=1S/C55H103NO5/c1-3-5-7-9-11-13-15-16-21-25-29-33-37-41-45-49-55(60)61-50-46-42-38-34-30-26-23-20-18-17-19-22-24-28-32-36-40-44-48-54(59)56-52(51-57)53(58)47-43-39-35-31-27-14-12-10-8-6-4-2/h11,13,16,21,43,47,52-53,57-58H,3-10,12,14-15,17-20,22-42,44-46,48-51H2,1-2H3,(H,56,59)/b13-11-,21-16-,47-43+. The van der Waals surface area contributed by atoms with E-state index in [-0.39, 0.29) is 18.5 Å². The van der Waals surface area contributed by atoms with Crippen LogP contribution in [0.5, 0.6) is 0 Å². The summed E-state index contributed by atoms with van der Waals surface area (Å²) in [5, 5.41) is 23.0. The molecule has 0 heterocycles. The van der Waals surface area contributed by atoms with E-state index >= 15 is 0 Å². The molecule has 0 aliphatic rings. The van der Waals surface area contributed by atoms with Gasteiger partial charge < -0.3 is 20.3 Å². The molecule has 3 N–H and O–H groups in total. The third-order valence-corrected chi connectivity index (χ3v) is 12.2. The Kier molecular flexibility index (Phi) is 49.1. The van der Waals surface area contributed by atoms with Gasteiger partial charge in [-0.2, -0.15) is 0 Å². The van der Waals surface area contributed by atoms with E-state index in [1.54, 1.807) is 6.08 Å². The maximum atomic E-state index is 12.4. The van der Waals surface area contributed by atoms with Crippen LogP contribution in [0, 0.1) is 0 Å². The van der Waals surface area contributed by atoms with Gasteiger partial charge in [-0.15, -0.1) is 0 Å². The van der Waals surface area contributed by atoms with E-state index in [4.69, 9.17) is 4.74 Å². The van der Waals surface area contributed by atoms with E-state index < -0.39 is 12.1 Å². The second kappa shape index (κ2) is 50.7. The monoisotopic (exact) mass is 858 g/mol. The van der Waals surface area contributed by atoms with Crippen molar-refractivity contribution in [3.05, 3.63) is 36.5 Å². The van der Waals surface area contributed by atoms with Crippen molar-refractivity contribution < 1.29 is 24.5 Å². The van der Waals surface area contributed by atoms with Gasteiger partial charge in [0.05, 0.1) is 25.4 Å². The Labute approximate surface area is 379 Å². The maximum absolute atomic E-state index is 12.4. The van der Waals surface area contributed by atoms with Gasteiger partial charge in [0.15, 0.2) is 0 Å². The number of aliphatic hydroxyl groups excluding tert-OH is 2. The van der Waals surface area contributed by atoms with Gasteiger partial charge >= 0.3 is 5.97 Å². The van der Waals surface area contributed by atoms with Crippen LogP contribution in [-0.2, 0) is 14.3 Å². The van der Waals surface area contributed by atoms with Crippen molar-refractivity contribution in [2.24, 2.45) is 0 Å². The molecule has 2 atom stereocenters. The van der Waals surface area contributed by atoms with Crippen LogP contribution in [0.1, 0.15) is 277 Å². The summed E-state index contributed by atoms with van der Waals surface area (Å²) in [5.74, 6) is -0.0823. The van der Waals surface area contributed by atoms with Crippen molar-refractivity contribution in [1.29, 1.82) is 0 Å². The minimum absolute atomic E-state index is 0.00815. The molecule has 0 rings (SSSR count). The molecule has 0 aromatic rings.